The number of carboxylic acids is 1. The summed E-state index contributed by atoms with van der Waals surface area (Å²) < 4.78 is 0. The average Bonchev–Trinajstić information content (AvgIpc) is 2.25. The quantitative estimate of drug-likeness (QED) is 0.529. The highest BCUT2D eigenvalue weighted by molar-refractivity contribution is 6.83. The number of carboxylic acid groups (broad SMARTS) is 1. The zero-order valence-electron chi connectivity index (χ0n) is 10.6. The molecule has 0 aliphatic heterocycles. The fourth-order valence-corrected chi connectivity index (χ4v) is 1.78. The highest BCUT2D eigenvalue weighted by atomic mass is 28.3. The molecule has 0 radical (unpaired) electrons. The van der Waals surface area contributed by atoms with Crippen LogP contribution < -0.4 is 5.46 Å². The first kappa shape index (κ1) is 14.5. The number of benzene rings is 1. The number of aromatic carboxylic acids is 1. The van der Waals surface area contributed by atoms with Crippen LogP contribution in [-0.4, -0.2) is 36.3 Å². The van der Waals surface area contributed by atoms with Gasteiger partial charge in [0.1, 0.15) is 8.07 Å². The first-order chi connectivity index (χ1) is 8.19. The van der Waals surface area contributed by atoms with Crippen LogP contribution in [0.2, 0.25) is 19.6 Å². The van der Waals surface area contributed by atoms with E-state index in [4.69, 9.17) is 15.2 Å². The smallest absolute Gasteiger partial charge is 0.478 e. The summed E-state index contributed by atoms with van der Waals surface area (Å²) in [5.74, 6) is 1.78. The van der Waals surface area contributed by atoms with Crippen molar-refractivity contribution in [2.24, 2.45) is 0 Å². The predicted molar refractivity (Wildman–Crippen MR) is 73.5 cm³/mol. The molecular formula is C12H15BO4Si. The second-order valence-corrected chi connectivity index (χ2v) is 9.77. The Morgan fingerprint density at radius 3 is 2.28 bits per heavy atom. The van der Waals surface area contributed by atoms with Crippen molar-refractivity contribution in [3.8, 4) is 11.5 Å². The van der Waals surface area contributed by atoms with E-state index in [1.54, 1.807) is 0 Å². The van der Waals surface area contributed by atoms with Gasteiger partial charge in [-0.2, -0.15) is 0 Å². The molecule has 0 heterocycles. The van der Waals surface area contributed by atoms with Gasteiger partial charge in [0.2, 0.25) is 0 Å². The molecular weight excluding hydrogens is 247 g/mol. The van der Waals surface area contributed by atoms with Gasteiger partial charge in [0.25, 0.3) is 0 Å². The molecule has 18 heavy (non-hydrogen) atoms. The number of hydrogen-bond acceptors (Lipinski definition) is 3. The van der Waals surface area contributed by atoms with E-state index in [2.05, 4.69) is 31.1 Å². The second kappa shape index (κ2) is 5.40. The van der Waals surface area contributed by atoms with Crippen LogP contribution in [0.15, 0.2) is 18.2 Å². The highest BCUT2D eigenvalue weighted by Crippen LogP contribution is 2.05. The average molecular weight is 262 g/mol. The Morgan fingerprint density at radius 2 is 1.83 bits per heavy atom. The van der Waals surface area contributed by atoms with Gasteiger partial charge in [0, 0.05) is 5.56 Å². The minimum atomic E-state index is -1.70. The molecule has 3 N–H and O–H groups in total. The SMILES string of the molecule is C[Si](C)(C)C#Cc1cc(B(O)O)cc(C(=O)O)c1. The first-order valence-electron chi connectivity index (χ1n) is 5.46. The number of hydrogen-bond donors (Lipinski definition) is 3. The van der Waals surface area contributed by atoms with Crippen molar-refractivity contribution in [1.82, 2.24) is 0 Å². The molecule has 0 amide bonds. The van der Waals surface area contributed by atoms with Crippen LogP contribution in [0.25, 0.3) is 0 Å². The second-order valence-electron chi connectivity index (χ2n) is 5.02. The predicted octanol–water partition coefficient (Wildman–Crippen LogP) is 0.293. The van der Waals surface area contributed by atoms with Crippen molar-refractivity contribution in [2.45, 2.75) is 19.6 Å². The van der Waals surface area contributed by atoms with Crippen molar-refractivity contribution in [1.29, 1.82) is 0 Å². The molecule has 0 atom stereocenters. The molecule has 0 aliphatic carbocycles. The van der Waals surface area contributed by atoms with Gasteiger partial charge in [-0.15, -0.1) is 5.54 Å². The Balaban J connectivity index is 3.26. The summed E-state index contributed by atoms with van der Waals surface area (Å²) in [6.07, 6.45) is 0. The first-order valence-corrected chi connectivity index (χ1v) is 8.96. The lowest BCUT2D eigenvalue weighted by atomic mass is 9.78. The summed E-state index contributed by atoms with van der Waals surface area (Å²) in [4.78, 5) is 10.9. The Bertz CT molecular complexity index is 523. The van der Waals surface area contributed by atoms with E-state index in [1.807, 2.05) is 0 Å². The summed E-state index contributed by atoms with van der Waals surface area (Å²) in [5.41, 5.74) is 3.72. The van der Waals surface area contributed by atoms with Crippen molar-refractivity contribution in [3.05, 3.63) is 29.3 Å². The van der Waals surface area contributed by atoms with Crippen LogP contribution >= 0.6 is 0 Å². The maximum Gasteiger partial charge on any atom is 0.488 e. The molecule has 1 aromatic rings. The maximum absolute atomic E-state index is 10.9. The fourth-order valence-electron chi connectivity index (χ4n) is 1.26. The van der Waals surface area contributed by atoms with Gasteiger partial charge in [-0.3, -0.25) is 0 Å². The van der Waals surface area contributed by atoms with E-state index in [-0.39, 0.29) is 11.0 Å². The van der Waals surface area contributed by atoms with Gasteiger partial charge in [-0.05, 0) is 23.7 Å². The van der Waals surface area contributed by atoms with Gasteiger partial charge >= 0.3 is 13.1 Å². The third-order valence-electron chi connectivity index (χ3n) is 2.08. The van der Waals surface area contributed by atoms with Gasteiger partial charge in [-0.1, -0.05) is 25.6 Å². The van der Waals surface area contributed by atoms with E-state index in [0.717, 1.165) is 0 Å². The highest BCUT2D eigenvalue weighted by Gasteiger charge is 2.15. The zero-order chi connectivity index (χ0) is 13.9. The summed E-state index contributed by atoms with van der Waals surface area (Å²) >= 11 is 0. The van der Waals surface area contributed by atoms with Crippen LogP contribution in [0, 0.1) is 11.5 Å². The summed E-state index contributed by atoms with van der Waals surface area (Å²) in [5, 5.41) is 27.2. The molecule has 0 spiro atoms. The lowest BCUT2D eigenvalue weighted by Crippen LogP contribution is -2.30. The van der Waals surface area contributed by atoms with Crippen LogP contribution in [0.5, 0.6) is 0 Å². The van der Waals surface area contributed by atoms with Crippen LogP contribution in [0.4, 0.5) is 0 Å². The van der Waals surface area contributed by atoms with Gasteiger partial charge in [0.05, 0.1) is 5.56 Å². The molecule has 0 saturated heterocycles. The Kier molecular flexibility index (Phi) is 4.35. The van der Waals surface area contributed by atoms with Crippen molar-refractivity contribution in [2.75, 3.05) is 0 Å². The van der Waals surface area contributed by atoms with Crippen molar-refractivity contribution in [3.63, 3.8) is 0 Å². The molecule has 0 fully saturated rings. The standard InChI is InChI=1S/C12H15BO4Si/c1-18(2,3)5-4-9-6-10(12(14)15)8-11(7-9)13(16)17/h6-8,16-17H,1-3H3,(H,14,15). The minimum Gasteiger partial charge on any atom is -0.478 e. The Hall–Kier alpha value is -1.55. The van der Waals surface area contributed by atoms with Crippen LogP contribution in [0.1, 0.15) is 15.9 Å². The molecule has 6 heteroatoms. The van der Waals surface area contributed by atoms with E-state index in [1.165, 1.54) is 18.2 Å². The van der Waals surface area contributed by atoms with Crippen LogP contribution in [-0.2, 0) is 0 Å². The normalized spacial score (nSPS) is 10.5. The number of carbonyl (C=O) groups is 1. The third kappa shape index (κ3) is 4.37. The lowest BCUT2D eigenvalue weighted by molar-refractivity contribution is 0.0697. The zero-order valence-corrected chi connectivity index (χ0v) is 11.6. The molecule has 1 aromatic carbocycles. The molecule has 1 rings (SSSR count). The summed E-state index contributed by atoms with van der Waals surface area (Å²) in [7, 11) is -3.26. The topological polar surface area (TPSA) is 77.8 Å². The van der Waals surface area contributed by atoms with E-state index >= 15 is 0 Å². The van der Waals surface area contributed by atoms with Gasteiger partial charge < -0.3 is 15.2 Å². The minimum absolute atomic E-state index is 0.000441. The molecule has 94 valence electrons. The Morgan fingerprint density at radius 1 is 1.22 bits per heavy atom. The van der Waals surface area contributed by atoms with E-state index in [0.29, 0.717) is 5.56 Å². The molecule has 0 saturated carbocycles. The Labute approximate surface area is 107 Å². The molecule has 0 aliphatic rings. The molecule has 0 bridgehead atoms. The van der Waals surface area contributed by atoms with Gasteiger partial charge in [0.15, 0.2) is 0 Å². The number of rotatable bonds is 2. The molecule has 4 nitrogen and oxygen atoms in total. The van der Waals surface area contributed by atoms with E-state index < -0.39 is 21.2 Å². The van der Waals surface area contributed by atoms with E-state index in [9.17, 15) is 4.79 Å². The van der Waals surface area contributed by atoms with Crippen molar-refractivity contribution < 1.29 is 19.9 Å². The van der Waals surface area contributed by atoms with Crippen molar-refractivity contribution >= 4 is 26.6 Å². The maximum atomic E-state index is 10.9. The molecule has 0 aromatic heterocycles. The summed E-state index contributed by atoms with van der Waals surface area (Å²) in [6, 6.07) is 4.15. The monoisotopic (exact) mass is 262 g/mol. The fraction of sp³-hybridized carbons (Fsp3) is 0.250. The van der Waals surface area contributed by atoms with Gasteiger partial charge in [-0.25, -0.2) is 4.79 Å². The van der Waals surface area contributed by atoms with Crippen LogP contribution in [0.3, 0.4) is 0 Å². The lowest BCUT2D eigenvalue weighted by Gasteiger charge is -2.05. The largest absolute Gasteiger partial charge is 0.488 e. The third-order valence-corrected chi connectivity index (χ3v) is 2.96. The summed E-state index contributed by atoms with van der Waals surface area (Å²) in [6.45, 7) is 6.22. The molecule has 0 unspecified atom stereocenters.